The monoisotopic (exact) mass is 291 g/mol. The number of ether oxygens (including phenoxy) is 1. The van der Waals surface area contributed by atoms with E-state index in [1.165, 1.54) is 0 Å². The molecule has 0 aromatic heterocycles. The van der Waals surface area contributed by atoms with Gasteiger partial charge in [-0.05, 0) is 43.0 Å². The van der Waals surface area contributed by atoms with Crippen molar-refractivity contribution in [1.82, 2.24) is 5.43 Å². The number of rotatable bonds is 8. The number of benzene rings is 1. The van der Waals surface area contributed by atoms with Crippen LogP contribution in [0.1, 0.15) is 40.0 Å². The lowest BCUT2D eigenvalue weighted by Gasteiger charge is -2.07. The molecule has 0 bridgehead atoms. The van der Waals surface area contributed by atoms with Gasteiger partial charge < -0.3 is 10.1 Å². The van der Waals surface area contributed by atoms with Crippen LogP contribution in [-0.2, 0) is 0 Å². The van der Waals surface area contributed by atoms with Crippen molar-refractivity contribution < 1.29 is 9.53 Å². The fraction of sp³-hybridized carbons (Fsp3) is 0.500. The standard InChI is InChI=1S/C16H25N3O2/c1-4-5-12-21-15-8-6-14(7-9-15)18-16(20)19-17-11-10-13(2)3/h6-9,11,13H,4-5,10,12H2,1-3H3,(H2,18,19,20). The molecule has 2 N–H and O–H groups in total. The SMILES string of the molecule is CCCCOc1ccc(NC(=O)NN=CCC(C)C)cc1. The number of urea groups is 1. The molecule has 0 aliphatic carbocycles. The van der Waals surface area contributed by atoms with Gasteiger partial charge in [0.15, 0.2) is 0 Å². The van der Waals surface area contributed by atoms with Crippen LogP contribution in [-0.4, -0.2) is 18.9 Å². The first kappa shape index (κ1) is 17.0. The lowest BCUT2D eigenvalue weighted by atomic mass is 10.2. The summed E-state index contributed by atoms with van der Waals surface area (Å²) in [5, 5.41) is 6.57. The van der Waals surface area contributed by atoms with E-state index >= 15 is 0 Å². The van der Waals surface area contributed by atoms with Crippen molar-refractivity contribution in [2.75, 3.05) is 11.9 Å². The van der Waals surface area contributed by atoms with Crippen molar-refractivity contribution in [2.45, 2.75) is 40.0 Å². The maximum atomic E-state index is 11.6. The van der Waals surface area contributed by atoms with Crippen molar-refractivity contribution in [1.29, 1.82) is 0 Å². The number of unbranched alkanes of at least 4 members (excludes halogenated alkanes) is 1. The molecule has 1 aromatic carbocycles. The Hall–Kier alpha value is -2.04. The molecule has 0 aliphatic rings. The Morgan fingerprint density at radius 1 is 1.33 bits per heavy atom. The van der Waals surface area contributed by atoms with Gasteiger partial charge >= 0.3 is 6.03 Å². The third kappa shape index (κ3) is 7.97. The summed E-state index contributed by atoms with van der Waals surface area (Å²) in [6, 6.07) is 6.94. The molecule has 1 aromatic rings. The van der Waals surface area contributed by atoms with Crippen LogP contribution in [0.2, 0.25) is 0 Å². The number of nitrogens with one attached hydrogen (secondary N) is 2. The number of hydrogen-bond donors (Lipinski definition) is 2. The molecule has 0 aliphatic heterocycles. The number of anilines is 1. The highest BCUT2D eigenvalue weighted by Gasteiger charge is 2.00. The van der Waals surface area contributed by atoms with E-state index in [1.54, 1.807) is 18.3 Å². The van der Waals surface area contributed by atoms with Crippen LogP contribution < -0.4 is 15.5 Å². The normalized spacial score (nSPS) is 10.9. The van der Waals surface area contributed by atoms with Gasteiger partial charge in [-0.25, -0.2) is 10.2 Å². The predicted molar refractivity (Wildman–Crippen MR) is 86.9 cm³/mol. The average Bonchev–Trinajstić information content (AvgIpc) is 2.45. The smallest absolute Gasteiger partial charge is 0.339 e. The second-order valence-electron chi connectivity index (χ2n) is 5.23. The summed E-state index contributed by atoms with van der Waals surface area (Å²) in [5.41, 5.74) is 3.13. The first-order chi connectivity index (χ1) is 10.1. The molecular weight excluding hydrogens is 266 g/mol. The van der Waals surface area contributed by atoms with Gasteiger partial charge in [0.1, 0.15) is 5.75 Å². The molecule has 0 saturated carbocycles. The number of hydrazone groups is 1. The first-order valence-electron chi connectivity index (χ1n) is 7.43. The van der Waals surface area contributed by atoms with E-state index in [1.807, 2.05) is 12.1 Å². The average molecular weight is 291 g/mol. The Labute approximate surface area is 126 Å². The van der Waals surface area contributed by atoms with E-state index in [4.69, 9.17) is 4.74 Å². The van der Waals surface area contributed by atoms with Crippen LogP contribution in [0.3, 0.4) is 0 Å². The second kappa shape index (κ2) is 9.80. The Balaban J connectivity index is 2.34. The molecule has 0 radical (unpaired) electrons. The van der Waals surface area contributed by atoms with Crippen LogP contribution >= 0.6 is 0 Å². The minimum Gasteiger partial charge on any atom is -0.494 e. The molecule has 0 unspecified atom stereocenters. The molecule has 0 fully saturated rings. The third-order valence-electron chi connectivity index (χ3n) is 2.71. The first-order valence-corrected chi connectivity index (χ1v) is 7.43. The molecular formula is C16H25N3O2. The summed E-state index contributed by atoms with van der Waals surface area (Å²) in [6.45, 7) is 7.03. The molecule has 21 heavy (non-hydrogen) atoms. The zero-order chi connectivity index (χ0) is 15.5. The van der Waals surface area contributed by atoms with Gasteiger partial charge in [-0.15, -0.1) is 0 Å². The van der Waals surface area contributed by atoms with Crippen molar-refractivity contribution >= 4 is 17.9 Å². The van der Waals surface area contributed by atoms with Crippen molar-refractivity contribution in [2.24, 2.45) is 11.0 Å². The fourth-order valence-electron chi connectivity index (χ4n) is 1.50. The minimum absolute atomic E-state index is 0.352. The van der Waals surface area contributed by atoms with Gasteiger partial charge in [-0.3, -0.25) is 0 Å². The van der Waals surface area contributed by atoms with Crippen molar-refractivity contribution in [3.63, 3.8) is 0 Å². The quantitative estimate of drug-likeness (QED) is 0.431. The Morgan fingerprint density at radius 2 is 2.05 bits per heavy atom. The Kier molecular flexibility index (Phi) is 7.94. The highest BCUT2D eigenvalue weighted by Crippen LogP contribution is 2.15. The van der Waals surface area contributed by atoms with Gasteiger partial charge in [0.2, 0.25) is 0 Å². The molecule has 5 heteroatoms. The summed E-state index contributed by atoms with van der Waals surface area (Å²) < 4.78 is 5.56. The Bertz CT molecular complexity index is 441. The number of nitrogens with zero attached hydrogens (tertiary/aromatic N) is 1. The van der Waals surface area contributed by atoms with Crippen LogP contribution in [0.15, 0.2) is 29.4 Å². The fourth-order valence-corrected chi connectivity index (χ4v) is 1.50. The van der Waals surface area contributed by atoms with Crippen LogP contribution in [0, 0.1) is 5.92 Å². The van der Waals surface area contributed by atoms with Gasteiger partial charge in [0.25, 0.3) is 0 Å². The van der Waals surface area contributed by atoms with Gasteiger partial charge in [-0.1, -0.05) is 27.2 Å². The zero-order valence-electron chi connectivity index (χ0n) is 13.1. The zero-order valence-corrected chi connectivity index (χ0v) is 13.1. The molecule has 0 spiro atoms. The third-order valence-corrected chi connectivity index (χ3v) is 2.71. The maximum Gasteiger partial charge on any atom is 0.339 e. The van der Waals surface area contributed by atoms with Gasteiger partial charge in [0.05, 0.1) is 6.61 Å². The van der Waals surface area contributed by atoms with E-state index in [-0.39, 0.29) is 6.03 Å². The summed E-state index contributed by atoms with van der Waals surface area (Å²) in [6.07, 6.45) is 4.69. The van der Waals surface area contributed by atoms with Crippen LogP contribution in [0.25, 0.3) is 0 Å². The van der Waals surface area contributed by atoms with Crippen molar-refractivity contribution in [3.05, 3.63) is 24.3 Å². The van der Waals surface area contributed by atoms with Crippen molar-refractivity contribution in [3.8, 4) is 5.75 Å². The summed E-state index contributed by atoms with van der Waals surface area (Å²) in [5.74, 6) is 1.34. The molecule has 116 valence electrons. The van der Waals surface area contributed by atoms with E-state index in [9.17, 15) is 4.79 Å². The summed E-state index contributed by atoms with van der Waals surface area (Å²) in [7, 11) is 0. The topological polar surface area (TPSA) is 62.7 Å². The summed E-state index contributed by atoms with van der Waals surface area (Å²) in [4.78, 5) is 11.6. The Morgan fingerprint density at radius 3 is 2.67 bits per heavy atom. The minimum atomic E-state index is -0.352. The molecule has 0 atom stereocenters. The van der Waals surface area contributed by atoms with Crippen LogP contribution in [0.5, 0.6) is 5.75 Å². The number of amides is 2. The lowest BCUT2D eigenvalue weighted by Crippen LogP contribution is -2.24. The number of carbonyl (C=O) groups is 1. The highest BCUT2D eigenvalue weighted by atomic mass is 16.5. The number of carbonyl (C=O) groups excluding carboxylic acids is 1. The molecule has 5 nitrogen and oxygen atoms in total. The predicted octanol–water partition coefficient (Wildman–Crippen LogP) is 4.02. The molecule has 0 saturated heterocycles. The van der Waals surface area contributed by atoms with Gasteiger partial charge in [-0.2, -0.15) is 5.10 Å². The molecule has 0 heterocycles. The molecule has 2 amide bonds. The second-order valence-corrected chi connectivity index (χ2v) is 5.23. The van der Waals surface area contributed by atoms with E-state index in [0.29, 0.717) is 18.2 Å². The van der Waals surface area contributed by atoms with Gasteiger partial charge in [0, 0.05) is 11.9 Å². The maximum absolute atomic E-state index is 11.6. The largest absolute Gasteiger partial charge is 0.494 e. The summed E-state index contributed by atoms with van der Waals surface area (Å²) >= 11 is 0. The van der Waals surface area contributed by atoms with E-state index in [2.05, 4.69) is 36.6 Å². The van der Waals surface area contributed by atoms with Crippen LogP contribution in [0.4, 0.5) is 10.5 Å². The lowest BCUT2D eigenvalue weighted by molar-refractivity contribution is 0.252. The molecule has 1 rings (SSSR count). The highest BCUT2D eigenvalue weighted by molar-refractivity contribution is 5.89. The number of hydrogen-bond acceptors (Lipinski definition) is 3. The van der Waals surface area contributed by atoms with E-state index in [0.717, 1.165) is 25.0 Å². The van der Waals surface area contributed by atoms with E-state index < -0.39 is 0 Å².